The lowest BCUT2D eigenvalue weighted by Gasteiger charge is -2.08. The van der Waals surface area contributed by atoms with E-state index in [9.17, 15) is 0 Å². The monoisotopic (exact) mass is 433 g/mol. The van der Waals surface area contributed by atoms with Crippen molar-refractivity contribution in [1.29, 1.82) is 0 Å². The van der Waals surface area contributed by atoms with E-state index in [-0.39, 0.29) is 0 Å². The number of para-hydroxylation sites is 1. The second kappa shape index (κ2) is 12.4. The first kappa shape index (κ1) is 23.2. The largest absolute Gasteiger partial charge is 0.380 e. The van der Waals surface area contributed by atoms with Crippen molar-refractivity contribution in [3.05, 3.63) is 83.4 Å². The lowest BCUT2D eigenvalue weighted by Crippen LogP contribution is -1.95. The van der Waals surface area contributed by atoms with Crippen molar-refractivity contribution in [3.8, 4) is 0 Å². The van der Waals surface area contributed by atoms with Crippen molar-refractivity contribution in [2.75, 3.05) is 26.8 Å². The molecule has 166 valence electrons. The average Bonchev–Trinajstić information content (AvgIpc) is 2.81. The molecule has 0 amide bonds. The lowest BCUT2D eigenvalue weighted by atomic mass is 10.1. The van der Waals surface area contributed by atoms with Crippen LogP contribution >= 0.6 is 0 Å². The Morgan fingerprint density at radius 2 is 1.25 bits per heavy atom. The summed E-state index contributed by atoms with van der Waals surface area (Å²) in [5.74, 6) is 0. The molecule has 1 N–H and O–H groups in total. The van der Waals surface area contributed by atoms with E-state index in [1.54, 1.807) is 21.3 Å². The number of nitrogens with zero attached hydrogens (tertiary/aromatic N) is 4. The first-order valence-corrected chi connectivity index (χ1v) is 10.1. The maximum absolute atomic E-state index is 5.33. The molecule has 3 aromatic carbocycles. The highest BCUT2D eigenvalue weighted by Gasteiger charge is 2.05. The average molecular weight is 434 g/mol. The normalized spacial score (nSPS) is 11.5. The smallest absolute Gasteiger partial charge is 0.0931 e. The third kappa shape index (κ3) is 6.52. The summed E-state index contributed by atoms with van der Waals surface area (Å²) >= 11 is 0. The van der Waals surface area contributed by atoms with Crippen molar-refractivity contribution in [2.24, 2.45) is 20.6 Å². The molecule has 0 atom stereocenters. The number of rotatable bonds is 11. The highest BCUT2D eigenvalue weighted by molar-refractivity contribution is 5.55. The molecule has 3 rings (SSSR count). The molecule has 3 aromatic rings. The van der Waals surface area contributed by atoms with Gasteiger partial charge in [-0.2, -0.15) is 10.2 Å². The third-order valence-electron chi connectivity index (χ3n) is 4.57. The second-order valence-electron chi connectivity index (χ2n) is 6.91. The van der Waals surface area contributed by atoms with E-state index in [1.165, 1.54) is 0 Å². The molecule has 0 saturated carbocycles. The van der Waals surface area contributed by atoms with Gasteiger partial charge in [0.05, 0.1) is 42.6 Å². The van der Waals surface area contributed by atoms with E-state index in [4.69, 9.17) is 14.2 Å². The van der Waals surface area contributed by atoms with E-state index in [1.807, 2.05) is 66.7 Å². The summed E-state index contributed by atoms with van der Waals surface area (Å²) in [5, 5.41) is 17.2. The van der Waals surface area contributed by atoms with Gasteiger partial charge in [-0.1, -0.05) is 41.6 Å². The van der Waals surface area contributed by atoms with Crippen molar-refractivity contribution >= 4 is 22.7 Å². The van der Waals surface area contributed by atoms with Crippen LogP contribution in [-0.2, 0) is 34.0 Å². The molecule has 0 spiro atoms. The number of nitrogens with one attached hydrogen (secondary N) is 1. The van der Waals surface area contributed by atoms with Crippen LogP contribution in [0, 0.1) is 0 Å². The maximum Gasteiger partial charge on any atom is 0.0931 e. The van der Waals surface area contributed by atoms with Crippen LogP contribution in [0.5, 0.6) is 0 Å². The summed E-state index contributed by atoms with van der Waals surface area (Å²) in [6.07, 6.45) is 0. The fourth-order valence-corrected chi connectivity index (χ4v) is 3.04. The standard InChI is InChI=1S/C24H27N5O3/c1-30-15-18-8-4-6-10-22(18)26-25-21-12-13-24(20(14-21)17-32-3)28-29-27-23-11-7-5-9-19(23)16-31-2/h4-14H,15-17H2,1-3H3,(H,27,28)/b26-25+. The maximum atomic E-state index is 5.33. The summed E-state index contributed by atoms with van der Waals surface area (Å²) in [6, 6.07) is 21.1. The first-order valence-electron chi connectivity index (χ1n) is 10.1. The van der Waals surface area contributed by atoms with Crippen LogP contribution in [0.4, 0.5) is 22.7 Å². The van der Waals surface area contributed by atoms with Gasteiger partial charge < -0.3 is 14.2 Å². The number of methoxy groups -OCH3 is 3. The SMILES string of the molecule is COCc1cc(/N=N/c2ccccc2COC)ccc1/N=N/Nc1ccccc1COC. The summed E-state index contributed by atoms with van der Waals surface area (Å²) < 4.78 is 15.8. The molecule has 0 bridgehead atoms. The number of azo groups is 1. The topological polar surface area (TPSA) is 89.2 Å². The van der Waals surface area contributed by atoms with Gasteiger partial charge in [0.25, 0.3) is 0 Å². The predicted octanol–water partition coefficient (Wildman–Crippen LogP) is 6.65. The Labute approximate surface area is 187 Å². The van der Waals surface area contributed by atoms with Crippen molar-refractivity contribution in [2.45, 2.75) is 19.8 Å². The molecule has 0 radical (unpaired) electrons. The van der Waals surface area contributed by atoms with Gasteiger partial charge in [-0.3, -0.25) is 5.43 Å². The Morgan fingerprint density at radius 3 is 2.03 bits per heavy atom. The molecule has 8 nitrogen and oxygen atoms in total. The van der Waals surface area contributed by atoms with Crippen LogP contribution in [-0.4, -0.2) is 21.3 Å². The fraction of sp³-hybridized carbons (Fsp3) is 0.250. The Balaban J connectivity index is 1.77. The van der Waals surface area contributed by atoms with Crippen molar-refractivity contribution in [1.82, 2.24) is 0 Å². The number of ether oxygens (including phenoxy) is 3. The summed E-state index contributed by atoms with van der Waals surface area (Å²) in [4.78, 5) is 0. The highest BCUT2D eigenvalue weighted by Crippen LogP contribution is 2.28. The lowest BCUT2D eigenvalue weighted by molar-refractivity contribution is 0.185. The number of anilines is 1. The van der Waals surface area contributed by atoms with E-state index in [0.717, 1.165) is 28.1 Å². The van der Waals surface area contributed by atoms with Gasteiger partial charge in [-0.15, -0.1) is 5.11 Å². The number of benzene rings is 3. The molecular formula is C24H27N5O3. The molecular weight excluding hydrogens is 406 g/mol. The van der Waals surface area contributed by atoms with Gasteiger partial charge in [0.1, 0.15) is 0 Å². The minimum atomic E-state index is 0.373. The highest BCUT2D eigenvalue weighted by atomic mass is 16.5. The Hall–Kier alpha value is -3.46. The number of hydrogen-bond donors (Lipinski definition) is 1. The molecule has 0 aromatic heterocycles. The van der Waals surface area contributed by atoms with Gasteiger partial charge >= 0.3 is 0 Å². The zero-order valence-corrected chi connectivity index (χ0v) is 18.5. The van der Waals surface area contributed by atoms with E-state index in [2.05, 4.69) is 26.0 Å². The van der Waals surface area contributed by atoms with Gasteiger partial charge in [0, 0.05) is 38.0 Å². The summed E-state index contributed by atoms with van der Waals surface area (Å²) in [7, 11) is 4.95. The second-order valence-corrected chi connectivity index (χ2v) is 6.91. The minimum Gasteiger partial charge on any atom is -0.380 e. The van der Waals surface area contributed by atoms with E-state index in [0.29, 0.717) is 31.2 Å². The molecule has 0 unspecified atom stereocenters. The zero-order valence-electron chi connectivity index (χ0n) is 18.5. The van der Waals surface area contributed by atoms with Crippen LogP contribution in [0.25, 0.3) is 0 Å². The van der Waals surface area contributed by atoms with Crippen LogP contribution in [0.1, 0.15) is 16.7 Å². The van der Waals surface area contributed by atoms with E-state index < -0.39 is 0 Å². The Morgan fingerprint density at radius 1 is 0.625 bits per heavy atom. The molecule has 0 aliphatic heterocycles. The van der Waals surface area contributed by atoms with Gasteiger partial charge in [-0.05, 0) is 30.3 Å². The Bertz CT molecular complexity index is 1070. The molecule has 0 saturated heterocycles. The van der Waals surface area contributed by atoms with Gasteiger partial charge in [-0.25, -0.2) is 0 Å². The molecule has 0 aliphatic carbocycles. The molecule has 32 heavy (non-hydrogen) atoms. The van der Waals surface area contributed by atoms with Crippen molar-refractivity contribution < 1.29 is 14.2 Å². The number of hydrogen-bond acceptors (Lipinski definition) is 7. The third-order valence-corrected chi connectivity index (χ3v) is 4.57. The quantitative estimate of drug-likeness (QED) is 0.271. The van der Waals surface area contributed by atoms with Crippen molar-refractivity contribution in [3.63, 3.8) is 0 Å². The fourth-order valence-electron chi connectivity index (χ4n) is 3.04. The Kier molecular flexibility index (Phi) is 9.00. The van der Waals surface area contributed by atoms with E-state index >= 15 is 0 Å². The van der Waals surface area contributed by atoms with Crippen LogP contribution in [0.15, 0.2) is 87.3 Å². The van der Waals surface area contributed by atoms with Crippen LogP contribution in [0.2, 0.25) is 0 Å². The predicted molar refractivity (Wildman–Crippen MR) is 124 cm³/mol. The minimum absolute atomic E-state index is 0.373. The summed E-state index contributed by atoms with van der Waals surface area (Å²) in [5.41, 5.74) is 8.79. The summed E-state index contributed by atoms with van der Waals surface area (Å²) in [6.45, 7) is 1.34. The van der Waals surface area contributed by atoms with Gasteiger partial charge in [0.15, 0.2) is 0 Å². The zero-order chi connectivity index (χ0) is 22.6. The molecule has 0 aliphatic rings. The van der Waals surface area contributed by atoms with Crippen LogP contribution in [0.3, 0.4) is 0 Å². The molecule has 8 heteroatoms. The first-order chi connectivity index (χ1) is 15.7. The van der Waals surface area contributed by atoms with Crippen LogP contribution < -0.4 is 5.43 Å². The molecule has 0 fully saturated rings. The molecule has 0 heterocycles. The van der Waals surface area contributed by atoms with Gasteiger partial charge in [0.2, 0.25) is 0 Å².